The number of hydrogen-bond donors (Lipinski definition) is 0. The summed E-state index contributed by atoms with van der Waals surface area (Å²) in [5, 5.41) is 4.68. The summed E-state index contributed by atoms with van der Waals surface area (Å²) >= 11 is 0. The Kier molecular flexibility index (Phi) is 1.95. The fourth-order valence-electron chi connectivity index (χ4n) is 3.18. The molecule has 3 heterocycles. The summed E-state index contributed by atoms with van der Waals surface area (Å²) in [6.07, 6.45) is 5.84. The average Bonchev–Trinajstić information content (AvgIpc) is 3.04. The Morgan fingerprint density at radius 2 is 1.57 bits per heavy atom. The molecular weight excluding hydrogens is 258 g/mol. The predicted molar refractivity (Wildman–Crippen MR) is 85.5 cm³/mol. The van der Waals surface area contributed by atoms with Crippen LogP contribution in [-0.4, -0.2) is 14.4 Å². The van der Waals surface area contributed by atoms with E-state index in [-0.39, 0.29) is 0 Å². The summed E-state index contributed by atoms with van der Waals surface area (Å²) in [5.74, 6) is 0. The molecule has 5 rings (SSSR count). The average molecular weight is 269 g/mol. The van der Waals surface area contributed by atoms with Crippen molar-refractivity contribution >= 4 is 38.2 Å². The Bertz CT molecular complexity index is 1130. The number of aromatic nitrogens is 3. The third-order valence-electron chi connectivity index (χ3n) is 4.09. The van der Waals surface area contributed by atoms with Gasteiger partial charge >= 0.3 is 0 Å². The molecule has 3 heteroatoms. The maximum absolute atomic E-state index is 4.61. The number of imidazole rings is 1. The first kappa shape index (κ1) is 10.8. The molecule has 21 heavy (non-hydrogen) atoms. The van der Waals surface area contributed by atoms with Gasteiger partial charge in [-0.15, -0.1) is 0 Å². The fourth-order valence-corrected chi connectivity index (χ4v) is 3.18. The van der Waals surface area contributed by atoms with Gasteiger partial charge in [0, 0.05) is 40.1 Å². The number of benzene rings is 2. The quantitative estimate of drug-likeness (QED) is 0.395. The Balaban J connectivity index is 2.24. The SMILES string of the molecule is c1ccc2c(c1)ncc1c3ccccc3n3ccnc3c21. The molecule has 0 saturated carbocycles. The van der Waals surface area contributed by atoms with Gasteiger partial charge in [-0.25, -0.2) is 4.98 Å². The zero-order chi connectivity index (χ0) is 13.8. The Morgan fingerprint density at radius 3 is 2.52 bits per heavy atom. The van der Waals surface area contributed by atoms with Crippen LogP contribution in [0.1, 0.15) is 0 Å². The summed E-state index contributed by atoms with van der Waals surface area (Å²) in [5.41, 5.74) is 3.15. The molecule has 5 aromatic rings. The number of rotatable bonds is 0. The Labute approximate surface area is 120 Å². The molecule has 0 unspecified atom stereocenters. The van der Waals surface area contributed by atoms with Crippen molar-refractivity contribution in [3.05, 3.63) is 67.1 Å². The van der Waals surface area contributed by atoms with Gasteiger partial charge in [0.25, 0.3) is 0 Å². The van der Waals surface area contributed by atoms with E-state index in [0.29, 0.717) is 0 Å². The molecule has 98 valence electrons. The normalized spacial score (nSPS) is 11.8. The molecule has 0 spiro atoms. The van der Waals surface area contributed by atoms with Gasteiger partial charge in [0.2, 0.25) is 0 Å². The maximum atomic E-state index is 4.61. The van der Waals surface area contributed by atoms with Gasteiger partial charge in [-0.05, 0) is 12.1 Å². The molecule has 3 aromatic heterocycles. The first-order chi connectivity index (χ1) is 10.4. The van der Waals surface area contributed by atoms with Crippen LogP contribution in [0.3, 0.4) is 0 Å². The molecule has 0 N–H and O–H groups in total. The van der Waals surface area contributed by atoms with Crippen molar-refractivity contribution in [2.24, 2.45) is 0 Å². The topological polar surface area (TPSA) is 30.2 Å². The minimum atomic E-state index is 0.988. The van der Waals surface area contributed by atoms with Gasteiger partial charge in [-0.1, -0.05) is 36.4 Å². The molecule has 0 radical (unpaired) electrons. The van der Waals surface area contributed by atoms with Crippen LogP contribution >= 0.6 is 0 Å². The second-order valence-electron chi connectivity index (χ2n) is 5.20. The van der Waals surface area contributed by atoms with Gasteiger partial charge in [0.1, 0.15) is 5.65 Å². The van der Waals surface area contributed by atoms with Gasteiger partial charge in [-0.3, -0.25) is 9.38 Å². The van der Waals surface area contributed by atoms with Gasteiger partial charge in [-0.2, -0.15) is 0 Å². The predicted octanol–water partition coefficient (Wildman–Crippen LogP) is 4.19. The molecule has 0 fully saturated rings. The molecule has 0 atom stereocenters. The zero-order valence-corrected chi connectivity index (χ0v) is 11.2. The van der Waals surface area contributed by atoms with Crippen molar-refractivity contribution in [3.8, 4) is 0 Å². The second-order valence-corrected chi connectivity index (χ2v) is 5.20. The summed E-state index contributed by atoms with van der Waals surface area (Å²) in [6, 6.07) is 16.6. The van der Waals surface area contributed by atoms with Gasteiger partial charge < -0.3 is 0 Å². The van der Waals surface area contributed by atoms with Crippen LogP contribution in [0.2, 0.25) is 0 Å². The largest absolute Gasteiger partial charge is 0.299 e. The van der Waals surface area contributed by atoms with Crippen LogP contribution < -0.4 is 0 Å². The van der Waals surface area contributed by atoms with Crippen LogP contribution in [0.25, 0.3) is 38.2 Å². The highest BCUT2D eigenvalue weighted by Crippen LogP contribution is 2.32. The number of pyridine rings is 2. The minimum absolute atomic E-state index is 0.988. The lowest BCUT2D eigenvalue weighted by molar-refractivity contribution is 1.27. The van der Waals surface area contributed by atoms with Gasteiger partial charge in [0.05, 0.1) is 11.0 Å². The lowest BCUT2D eigenvalue weighted by atomic mass is 10.0. The van der Waals surface area contributed by atoms with Crippen LogP contribution in [0.4, 0.5) is 0 Å². The summed E-state index contributed by atoms with van der Waals surface area (Å²) in [4.78, 5) is 9.20. The van der Waals surface area contributed by atoms with Crippen molar-refractivity contribution in [2.75, 3.05) is 0 Å². The molecule has 0 aliphatic carbocycles. The van der Waals surface area contributed by atoms with E-state index in [1.54, 1.807) is 0 Å². The molecule has 0 bridgehead atoms. The maximum Gasteiger partial charge on any atom is 0.145 e. The van der Waals surface area contributed by atoms with E-state index in [9.17, 15) is 0 Å². The molecule has 0 saturated heterocycles. The van der Waals surface area contributed by atoms with Crippen molar-refractivity contribution in [1.82, 2.24) is 14.4 Å². The third-order valence-corrected chi connectivity index (χ3v) is 4.09. The van der Waals surface area contributed by atoms with Crippen molar-refractivity contribution in [1.29, 1.82) is 0 Å². The molecule has 3 nitrogen and oxygen atoms in total. The molecule has 0 amide bonds. The van der Waals surface area contributed by atoms with Crippen LogP contribution in [0.5, 0.6) is 0 Å². The van der Waals surface area contributed by atoms with Crippen LogP contribution in [-0.2, 0) is 0 Å². The summed E-state index contributed by atoms with van der Waals surface area (Å²) in [7, 11) is 0. The van der Waals surface area contributed by atoms with Gasteiger partial charge in [0.15, 0.2) is 0 Å². The highest BCUT2D eigenvalue weighted by molar-refractivity contribution is 6.20. The van der Waals surface area contributed by atoms with E-state index in [4.69, 9.17) is 0 Å². The van der Waals surface area contributed by atoms with Crippen LogP contribution in [0, 0.1) is 0 Å². The monoisotopic (exact) mass is 269 g/mol. The van der Waals surface area contributed by atoms with Crippen LogP contribution in [0.15, 0.2) is 67.1 Å². The van der Waals surface area contributed by atoms with E-state index < -0.39 is 0 Å². The van der Waals surface area contributed by atoms with Crippen molar-refractivity contribution in [2.45, 2.75) is 0 Å². The number of fused-ring (bicyclic) bond motifs is 8. The zero-order valence-electron chi connectivity index (χ0n) is 11.2. The van der Waals surface area contributed by atoms with E-state index in [1.165, 1.54) is 10.8 Å². The minimum Gasteiger partial charge on any atom is -0.299 e. The first-order valence-electron chi connectivity index (χ1n) is 6.95. The lowest BCUT2D eigenvalue weighted by Gasteiger charge is -2.09. The summed E-state index contributed by atoms with van der Waals surface area (Å²) < 4.78 is 2.16. The molecule has 0 aliphatic heterocycles. The lowest BCUT2D eigenvalue weighted by Crippen LogP contribution is -1.92. The first-order valence-corrected chi connectivity index (χ1v) is 6.95. The third kappa shape index (κ3) is 1.32. The van der Waals surface area contributed by atoms with E-state index in [2.05, 4.69) is 50.8 Å². The standard InChI is InChI=1S/C18H11N3/c1-3-7-15-13(6-1)17-14(11-20-15)12-5-2-4-8-16(12)21-10-9-19-18(17)21/h1-11H. The van der Waals surface area contributed by atoms with E-state index in [1.807, 2.05) is 30.7 Å². The number of hydrogen-bond acceptors (Lipinski definition) is 2. The molecule has 0 aliphatic rings. The van der Waals surface area contributed by atoms with E-state index >= 15 is 0 Å². The smallest absolute Gasteiger partial charge is 0.145 e. The Morgan fingerprint density at radius 1 is 0.762 bits per heavy atom. The highest BCUT2D eigenvalue weighted by Gasteiger charge is 2.11. The Hall–Kier alpha value is -2.94. The van der Waals surface area contributed by atoms with Crippen molar-refractivity contribution < 1.29 is 0 Å². The fraction of sp³-hybridized carbons (Fsp3) is 0. The van der Waals surface area contributed by atoms with Crippen molar-refractivity contribution in [3.63, 3.8) is 0 Å². The second kappa shape index (κ2) is 3.79. The van der Waals surface area contributed by atoms with E-state index in [0.717, 1.165) is 27.5 Å². The number of nitrogens with zero attached hydrogens (tertiary/aromatic N) is 3. The molecular formula is C18H11N3. The number of para-hydroxylation sites is 2. The summed E-state index contributed by atoms with van der Waals surface area (Å²) in [6.45, 7) is 0. The molecule has 2 aromatic carbocycles. The highest BCUT2D eigenvalue weighted by atomic mass is 15.0.